The molecule has 1 aromatic carbocycles. The minimum atomic E-state index is -0.498. The number of carbonyl (C=O) groups is 1. The lowest BCUT2D eigenvalue weighted by atomic mass is 9.94. The number of benzene rings is 1. The van der Waals surface area contributed by atoms with E-state index >= 15 is 0 Å². The van der Waals surface area contributed by atoms with E-state index in [1.807, 2.05) is 30.3 Å². The van der Waals surface area contributed by atoms with Crippen LogP contribution >= 0.6 is 12.4 Å². The van der Waals surface area contributed by atoms with Gasteiger partial charge in [0.05, 0.1) is 11.9 Å². The van der Waals surface area contributed by atoms with Gasteiger partial charge in [0, 0.05) is 12.0 Å². The van der Waals surface area contributed by atoms with Gasteiger partial charge in [0.15, 0.2) is 5.65 Å². The second-order valence-corrected chi connectivity index (χ2v) is 6.46. The molecule has 142 valence electrons. The van der Waals surface area contributed by atoms with Crippen molar-refractivity contribution in [3.8, 4) is 0 Å². The largest absolute Gasteiger partial charge is 0.457 e. The second-order valence-electron chi connectivity index (χ2n) is 6.46. The Hall–Kier alpha value is -2.64. The Morgan fingerprint density at radius 2 is 1.96 bits per heavy atom. The van der Waals surface area contributed by atoms with Crippen molar-refractivity contribution >= 4 is 24.0 Å². The van der Waals surface area contributed by atoms with Gasteiger partial charge in [-0.25, -0.2) is 9.31 Å². The molecule has 4 rings (SSSR count). The fourth-order valence-corrected chi connectivity index (χ4v) is 3.37. The number of piperidine rings is 1. The molecule has 2 aromatic heterocycles. The van der Waals surface area contributed by atoms with Gasteiger partial charge in [-0.3, -0.25) is 4.79 Å². The summed E-state index contributed by atoms with van der Waals surface area (Å²) in [6.07, 6.45) is 3.33. The second kappa shape index (κ2) is 8.37. The van der Waals surface area contributed by atoms with E-state index in [-0.39, 0.29) is 36.1 Å². The number of hydrogen-bond donors (Lipinski definition) is 2. The van der Waals surface area contributed by atoms with Crippen molar-refractivity contribution in [3.63, 3.8) is 0 Å². The van der Waals surface area contributed by atoms with Crippen LogP contribution in [0.4, 0.5) is 0 Å². The molecule has 0 aliphatic carbocycles. The first kappa shape index (κ1) is 19.1. The van der Waals surface area contributed by atoms with Crippen molar-refractivity contribution in [2.24, 2.45) is 0 Å². The minimum absolute atomic E-state index is 0. The number of fused-ring (bicyclic) bond motifs is 1. The van der Waals surface area contributed by atoms with E-state index in [0.717, 1.165) is 37.2 Å². The van der Waals surface area contributed by atoms with Gasteiger partial charge >= 0.3 is 5.97 Å². The van der Waals surface area contributed by atoms with Crippen LogP contribution in [0.2, 0.25) is 0 Å². The van der Waals surface area contributed by atoms with Gasteiger partial charge in [0.2, 0.25) is 0 Å². The summed E-state index contributed by atoms with van der Waals surface area (Å²) in [5.41, 5.74) is 2.18. The first-order chi connectivity index (χ1) is 12.7. The van der Waals surface area contributed by atoms with Crippen LogP contribution in [0.25, 0.3) is 5.65 Å². The topological polar surface area (TPSA) is 88.5 Å². The molecule has 3 heterocycles. The molecular formula is C19H21ClN4O3. The molecule has 27 heavy (non-hydrogen) atoms. The highest BCUT2D eigenvalue weighted by molar-refractivity contribution is 5.95. The molecule has 7 nitrogen and oxygen atoms in total. The monoisotopic (exact) mass is 388 g/mol. The highest BCUT2D eigenvalue weighted by Gasteiger charge is 2.22. The third-order valence-corrected chi connectivity index (χ3v) is 4.72. The number of rotatable bonds is 4. The maximum absolute atomic E-state index is 12.5. The van der Waals surface area contributed by atoms with Crippen LogP contribution in [-0.4, -0.2) is 33.7 Å². The van der Waals surface area contributed by atoms with E-state index in [0.29, 0.717) is 5.65 Å². The van der Waals surface area contributed by atoms with Crippen molar-refractivity contribution in [2.45, 2.75) is 25.4 Å². The zero-order valence-electron chi connectivity index (χ0n) is 14.7. The van der Waals surface area contributed by atoms with Gasteiger partial charge in [-0.15, -0.1) is 12.4 Å². The summed E-state index contributed by atoms with van der Waals surface area (Å²) in [6, 6.07) is 11.0. The number of aromatic nitrogens is 3. The fourth-order valence-electron chi connectivity index (χ4n) is 3.37. The molecule has 2 N–H and O–H groups in total. The molecule has 0 atom stereocenters. The highest BCUT2D eigenvalue weighted by atomic mass is 35.5. The lowest BCUT2D eigenvalue weighted by Crippen LogP contribution is -2.28. The Labute approximate surface area is 162 Å². The van der Waals surface area contributed by atoms with Crippen molar-refractivity contribution in [2.75, 3.05) is 13.1 Å². The van der Waals surface area contributed by atoms with Crippen LogP contribution < -0.4 is 10.9 Å². The SMILES string of the molecule is Cl.O=C(OCc1ccccc1)c1cnn2c(C3CCNCC3)cc(=O)[nH]c12. The van der Waals surface area contributed by atoms with Crippen LogP contribution in [-0.2, 0) is 11.3 Å². The third kappa shape index (κ3) is 4.04. The maximum atomic E-state index is 12.5. The summed E-state index contributed by atoms with van der Waals surface area (Å²) in [5.74, 6) is -0.254. The number of nitrogens with zero attached hydrogens (tertiary/aromatic N) is 2. The molecular weight excluding hydrogens is 368 g/mol. The number of nitrogens with one attached hydrogen (secondary N) is 2. The van der Waals surface area contributed by atoms with Crippen LogP contribution in [0.15, 0.2) is 47.4 Å². The molecule has 1 saturated heterocycles. The Bertz CT molecular complexity index is 978. The molecule has 0 spiro atoms. The lowest BCUT2D eigenvalue weighted by molar-refractivity contribution is 0.0475. The molecule has 1 aliphatic heterocycles. The number of hydrogen-bond acceptors (Lipinski definition) is 5. The predicted octanol–water partition coefficient (Wildman–Crippen LogP) is 2.27. The standard InChI is InChI=1S/C19H20N4O3.ClH/c24-17-10-16(14-6-8-20-9-7-14)23-18(22-17)15(11-21-23)19(25)26-12-13-4-2-1-3-5-13;/h1-5,10-11,14,20H,6-9,12H2,(H,22,24);1H. The number of carbonyl (C=O) groups excluding carboxylic acids is 1. The lowest BCUT2D eigenvalue weighted by Gasteiger charge is -2.23. The number of esters is 1. The molecule has 8 heteroatoms. The van der Waals surface area contributed by atoms with E-state index in [2.05, 4.69) is 15.4 Å². The van der Waals surface area contributed by atoms with Gasteiger partial charge in [0.25, 0.3) is 5.56 Å². The summed E-state index contributed by atoms with van der Waals surface area (Å²) in [7, 11) is 0. The Morgan fingerprint density at radius 1 is 1.22 bits per heavy atom. The minimum Gasteiger partial charge on any atom is -0.457 e. The van der Waals surface area contributed by atoms with Gasteiger partial charge < -0.3 is 15.0 Å². The van der Waals surface area contributed by atoms with E-state index < -0.39 is 5.97 Å². The van der Waals surface area contributed by atoms with Crippen LogP contribution in [0.1, 0.15) is 40.4 Å². The number of H-pyrrole nitrogens is 1. The highest BCUT2D eigenvalue weighted by Crippen LogP contribution is 2.25. The Morgan fingerprint density at radius 3 is 2.70 bits per heavy atom. The van der Waals surface area contributed by atoms with E-state index in [4.69, 9.17) is 4.74 Å². The Kier molecular flexibility index (Phi) is 5.93. The van der Waals surface area contributed by atoms with Crippen LogP contribution in [0.3, 0.4) is 0 Å². The van der Waals surface area contributed by atoms with Crippen molar-refractivity contribution in [1.29, 1.82) is 0 Å². The summed E-state index contributed by atoms with van der Waals surface area (Å²) in [4.78, 5) is 27.3. The number of ether oxygens (including phenoxy) is 1. The molecule has 1 fully saturated rings. The molecule has 3 aromatic rings. The number of aromatic amines is 1. The maximum Gasteiger partial charge on any atom is 0.343 e. The zero-order valence-corrected chi connectivity index (χ0v) is 15.5. The molecule has 0 saturated carbocycles. The van der Waals surface area contributed by atoms with Crippen molar-refractivity contribution in [3.05, 3.63) is 69.8 Å². The van der Waals surface area contributed by atoms with Gasteiger partial charge in [-0.05, 0) is 31.5 Å². The van der Waals surface area contributed by atoms with Gasteiger partial charge in [-0.1, -0.05) is 30.3 Å². The average molecular weight is 389 g/mol. The third-order valence-electron chi connectivity index (χ3n) is 4.72. The van der Waals surface area contributed by atoms with Gasteiger partial charge in [0.1, 0.15) is 12.2 Å². The first-order valence-electron chi connectivity index (χ1n) is 8.75. The summed E-state index contributed by atoms with van der Waals surface area (Å²) < 4.78 is 7.04. The molecule has 0 amide bonds. The van der Waals surface area contributed by atoms with Crippen molar-refractivity contribution < 1.29 is 9.53 Å². The zero-order chi connectivity index (χ0) is 17.9. The molecule has 0 bridgehead atoms. The van der Waals surface area contributed by atoms with E-state index in [1.54, 1.807) is 10.6 Å². The summed E-state index contributed by atoms with van der Waals surface area (Å²) in [5, 5.41) is 7.65. The number of halogens is 1. The summed E-state index contributed by atoms with van der Waals surface area (Å²) in [6.45, 7) is 1.99. The summed E-state index contributed by atoms with van der Waals surface area (Å²) >= 11 is 0. The average Bonchev–Trinajstić information content (AvgIpc) is 3.11. The molecule has 0 unspecified atom stereocenters. The quantitative estimate of drug-likeness (QED) is 0.669. The molecule has 0 radical (unpaired) electrons. The van der Waals surface area contributed by atoms with Gasteiger partial charge in [-0.2, -0.15) is 5.10 Å². The fraction of sp³-hybridized carbons (Fsp3) is 0.316. The van der Waals surface area contributed by atoms with Crippen molar-refractivity contribution in [1.82, 2.24) is 19.9 Å². The van der Waals surface area contributed by atoms with Crippen LogP contribution in [0.5, 0.6) is 0 Å². The predicted molar refractivity (Wildman–Crippen MR) is 103 cm³/mol. The van der Waals surface area contributed by atoms with Crippen LogP contribution in [0, 0.1) is 0 Å². The first-order valence-corrected chi connectivity index (χ1v) is 8.75. The van der Waals surface area contributed by atoms with E-state index in [9.17, 15) is 9.59 Å². The smallest absolute Gasteiger partial charge is 0.343 e. The molecule has 1 aliphatic rings. The van der Waals surface area contributed by atoms with E-state index in [1.165, 1.54) is 6.20 Å². The normalized spacial score (nSPS) is 14.7. The Balaban J connectivity index is 0.00000210.